The molecule has 3 aliphatic rings. The van der Waals surface area contributed by atoms with Gasteiger partial charge >= 0.3 is 5.69 Å². The van der Waals surface area contributed by atoms with E-state index in [1.54, 1.807) is 4.57 Å². The predicted molar refractivity (Wildman–Crippen MR) is 115 cm³/mol. The van der Waals surface area contributed by atoms with Crippen LogP contribution in [-0.4, -0.2) is 18.7 Å². The summed E-state index contributed by atoms with van der Waals surface area (Å²) in [5.41, 5.74) is 0.910. The first kappa shape index (κ1) is 18.9. The van der Waals surface area contributed by atoms with E-state index in [4.69, 9.17) is 4.98 Å². The Morgan fingerprint density at radius 2 is 1.48 bits per heavy atom. The highest BCUT2D eigenvalue weighted by Gasteiger charge is 2.25. The molecular weight excluding hydrogens is 364 g/mol. The van der Waals surface area contributed by atoms with Crippen LogP contribution in [0.1, 0.15) is 76.5 Å². The van der Waals surface area contributed by atoms with Gasteiger partial charge in [-0.2, -0.15) is 0 Å². The van der Waals surface area contributed by atoms with E-state index in [1.807, 2.05) is 15.3 Å². The maximum absolute atomic E-state index is 13.5. The van der Waals surface area contributed by atoms with Crippen LogP contribution in [0.3, 0.4) is 0 Å². The molecule has 6 heteroatoms. The third kappa shape index (κ3) is 3.51. The van der Waals surface area contributed by atoms with Gasteiger partial charge in [-0.05, 0) is 43.9 Å². The number of fused-ring (bicyclic) bond motifs is 3. The summed E-state index contributed by atoms with van der Waals surface area (Å²) in [7, 11) is 0. The lowest BCUT2D eigenvalue weighted by atomic mass is 9.89. The standard InChI is InChI=1S/C23H32N4O2/c28-22-20-21(24-19-13-7-8-14-25(19)20)26(15-17-9-3-1-4-10-17)23(29)27(22)16-18-11-5-2-6-12-18/h8,14,17-18H,1-7,9-13,15-16H2. The number of aromatic nitrogens is 4. The zero-order valence-electron chi connectivity index (χ0n) is 17.3. The topological polar surface area (TPSA) is 61.8 Å². The highest BCUT2D eigenvalue weighted by molar-refractivity contribution is 5.74. The Hall–Kier alpha value is -2.11. The molecule has 2 aromatic heterocycles. The van der Waals surface area contributed by atoms with E-state index < -0.39 is 0 Å². The summed E-state index contributed by atoms with van der Waals surface area (Å²) >= 11 is 0. The van der Waals surface area contributed by atoms with Crippen molar-refractivity contribution in [3.05, 3.63) is 32.7 Å². The molecule has 0 atom stereocenters. The van der Waals surface area contributed by atoms with Gasteiger partial charge < -0.3 is 0 Å². The van der Waals surface area contributed by atoms with Crippen LogP contribution in [0.15, 0.2) is 15.7 Å². The van der Waals surface area contributed by atoms with Gasteiger partial charge in [0.15, 0.2) is 11.2 Å². The summed E-state index contributed by atoms with van der Waals surface area (Å²) in [5, 5.41) is 0. The average molecular weight is 397 g/mol. The molecule has 2 aromatic rings. The minimum atomic E-state index is -0.152. The third-order valence-corrected chi connectivity index (χ3v) is 7.25. The van der Waals surface area contributed by atoms with Gasteiger partial charge in [0.25, 0.3) is 5.56 Å². The van der Waals surface area contributed by atoms with Crippen LogP contribution in [0.25, 0.3) is 17.4 Å². The van der Waals surface area contributed by atoms with Crippen LogP contribution in [0.4, 0.5) is 0 Å². The van der Waals surface area contributed by atoms with Crippen molar-refractivity contribution in [1.82, 2.24) is 18.7 Å². The van der Waals surface area contributed by atoms with Gasteiger partial charge in [-0.3, -0.25) is 18.5 Å². The maximum atomic E-state index is 13.5. The van der Waals surface area contributed by atoms with E-state index in [-0.39, 0.29) is 11.2 Å². The van der Waals surface area contributed by atoms with Crippen LogP contribution in [0.5, 0.6) is 0 Å². The summed E-state index contributed by atoms with van der Waals surface area (Å²) in [6, 6.07) is 0. The quantitative estimate of drug-likeness (QED) is 0.786. The number of aryl methyl sites for hydroxylation is 1. The third-order valence-electron chi connectivity index (χ3n) is 7.25. The van der Waals surface area contributed by atoms with Gasteiger partial charge in [0, 0.05) is 25.7 Å². The van der Waals surface area contributed by atoms with Gasteiger partial charge in [-0.25, -0.2) is 9.78 Å². The molecule has 2 aliphatic carbocycles. The Morgan fingerprint density at radius 3 is 2.14 bits per heavy atom. The summed E-state index contributed by atoms with van der Waals surface area (Å²) in [6.45, 7) is 1.25. The normalized spacial score (nSPS) is 21.0. The number of hydrogen-bond donors (Lipinski definition) is 0. The summed E-state index contributed by atoms with van der Waals surface area (Å²) < 4.78 is 5.32. The molecule has 0 aromatic carbocycles. The molecule has 6 nitrogen and oxygen atoms in total. The van der Waals surface area contributed by atoms with Gasteiger partial charge in [-0.15, -0.1) is 0 Å². The van der Waals surface area contributed by atoms with Gasteiger partial charge in [0.05, 0.1) is 0 Å². The molecule has 0 radical (unpaired) electrons. The van der Waals surface area contributed by atoms with Crippen LogP contribution in [0.2, 0.25) is 0 Å². The molecule has 3 heterocycles. The number of imidazole rings is 1. The molecule has 29 heavy (non-hydrogen) atoms. The summed E-state index contributed by atoms with van der Waals surface area (Å²) in [6.07, 6.45) is 17.9. The molecule has 0 spiro atoms. The minimum Gasteiger partial charge on any atom is -0.297 e. The molecule has 2 fully saturated rings. The van der Waals surface area contributed by atoms with Crippen molar-refractivity contribution < 1.29 is 0 Å². The van der Waals surface area contributed by atoms with Crippen molar-refractivity contribution in [3.8, 4) is 0 Å². The molecule has 1 aliphatic heterocycles. The van der Waals surface area contributed by atoms with Crippen LogP contribution < -0.4 is 11.2 Å². The Bertz CT molecular complexity index is 1030. The first-order valence-electron chi connectivity index (χ1n) is 11.6. The smallest absolute Gasteiger partial charge is 0.297 e. The molecule has 0 bridgehead atoms. The van der Waals surface area contributed by atoms with E-state index in [1.165, 1.54) is 51.4 Å². The van der Waals surface area contributed by atoms with Crippen LogP contribution in [0, 0.1) is 11.8 Å². The highest BCUT2D eigenvalue weighted by Crippen LogP contribution is 2.27. The maximum Gasteiger partial charge on any atom is 0.332 e. The number of nitrogens with zero attached hydrogens (tertiary/aromatic N) is 4. The average Bonchev–Trinajstić information content (AvgIpc) is 3.15. The second kappa shape index (κ2) is 7.96. The van der Waals surface area contributed by atoms with Gasteiger partial charge in [0.1, 0.15) is 5.82 Å². The second-order valence-electron chi connectivity index (χ2n) is 9.31. The zero-order valence-corrected chi connectivity index (χ0v) is 17.3. The fourth-order valence-electron chi connectivity index (χ4n) is 5.61. The van der Waals surface area contributed by atoms with E-state index in [2.05, 4.69) is 6.08 Å². The monoisotopic (exact) mass is 396 g/mol. The van der Waals surface area contributed by atoms with Crippen molar-refractivity contribution in [1.29, 1.82) is 0 Å². The molecule has 0 unspecified atom stereocenters. The van der Waals surface area contributed by atoms with E-state index in [0.717, 1.165) is 31.5 Å². The predicted octanol–water partition coefficient (Wildman–Crippen LogP) is 3.94. The molecule has 156 valence electrons. The Kier molecular flexibility index (Phi) is 5.18. The first-order valence-corrected chi connectivity index (χ1v) is 11.6. The van der Waals surface area contributed by atoms with Crippen LogP contribution in [-0.2, 0) is 19.5 Å². The molecule has 0 saturated heterocycles. The molecule has 0 amide bonds. The van der Waals surface area contributed by atoms with E-state index in [9.17, 15) is 9.59 Å². The summed E-state index contributed by atoms with van der Waals surface area (Å²) in [4.78, 5) is 31.8. The number of allylic oxidation sites excluding steroid dienone is 1. The lowest BCUT2D eigenvalue weighted by Crippen LogP contribution is -2.43. The Balaban J connectivity index is 1.64. The van der Waals surface area contributed by atoms with Crippen molar-refractivity contribution in [2.45, 2.75) is 90.1 Å². The first-order chi connectivity index (χ1) is 14.2. The van der Waals surface area contributed by atoms with Gasteiger partial charge in [0.2, 0.25) is 0 Å². The minimum absolute atomic E-state index is 0.141. The zero-order chi connectivity index (χ0) is 19.8. The van der Waals surface area contributed by atoms with E-state index in [0.29, 0.717) is 36.1 Å². The lowest BCUT2D eigenvalue weighted by Gasteiger charge is -2.24. The Labute approximate surface area is 171 Å². The number of rotatable bonds is 4. The highest BCUT2D eigenvalue weighted by atomic mass is 16.2. The fourth-order valence-corrected chi connectivity index (χ4v) is 5.61. The van der Waals surface area contributed by atoms with Crippen molar-refractivity contribution in [2.75, 3.05) is 0 Å². The van der Waals surface area contributed by atoms with Crippen LogP contribution >= 0.6 is 0 Å². The fraction of sp³-hybridized carbons (Fsp3) is 0.696. The van der Waals surface area contributed by atoms with E-state index >= 15 is 0 Å². The molecule has 2 saturated carbocycles. The van der Waals surface area contributed by atoms with Crippen molar-refractivity contribution >= 4 is 17.4 Å². The SMILES string of the molecule is O=c1c2c(nc3n2C=CCC3)n(CC2CCCCC2)c(=O)n1CC1CCCCC1. The lowest BCUT2D eigenvalue weighted by molar-refractivity contribution is 0.296. The molecular formula is C23H32N4O2. The van der Waals surface area contributed by atoms with Gasteiger partial charge in [-0.1, -0.05) is 44.6 Å². The van der Waals surface area contributed by atoms with Crippen molar-refractivity contribution in [2.24, 2.45) is 11.8 Å². The van der Waals surface area contributed by atoms with Crippen molar-refractivity contribution in [3.63, 3.8) is 0 Å². The Morgan fingerprint density at radius 1 is 0.862 bits per heavy atom. The number of hydrogen-bond acceptors (Lipinski definition) is 3. The summed E-state index contributed by atoms with van der Waals surface area (Å²) in [5.74, 6) is 1.86. The molecule has 5 rings (SSSR count). The molecule has 0 N–H and O–H groups in total. The second-order valence-corrected chi connectivity index (χ2v) is 9.31. The largest absolute Gasteiger partial charge is 0.332 e.